The number of thiophene rings is 1. The zero-order chi connectivity index (χ0) is 19.9. The van der Waals surface area contributed by atoms with Gasteiger partial charge < -0.3 is 10.2 Å². The van der Waals surface area contributed by atoms with Crippen LogP contribution in [-0.4, -0.2) is 29.8 Å². The first kappa shape index (κ1) is 20.5. The number of amides is 1. The predicted molar refractivity (Wildman–Crippen MR) is 114 cm³/mol. The van der Waals surface area contributed by atoms with Crippen molar-refractivity contribution in [3.05, 3.63) is 45.3 Å². The standard InChI is InChI=1S/C22H29N3O2S/c1-16-13-19(17(2)28-16)20(26)8-10-22(27)24-15-18-7-9-21(23-14-18)25-11-5-3-4-6-12-25/h7,9,13-14H,3-6,8,10-12,15H2,1-2H3,(H,24,27). The maximum absolute atomic E-state index is 12.3. The Morgan fingerprint density at radius 2 is 1.86 bits per heavy atom. The summed E-state index contributed by atoms with van der Waals surface area (Å²) in [6.07, 6.45) is 7.35. The van der Waals surface area contributed by atoms with Gasteiger partial charge in [-0.15, -0.1) is 11.3 Å². The van der Waals surface area contributed by atoms with E-state index in [1.165, 1.54) is 25.7 Å². The maximum Gasteiger partial charge on any atom is 0.220 e. The van der Waals surface area contributed by atoms with Gasteiger partial charge in [-0.3, -0.25) is 9.59 Å². The molecule has 28 heavy (non-hydrogen) atoms. The monoisotopic (exact) mass is 399 g/mol. The summed E-state index contributed by atoms with van der Waals surface area (Å²) in [5.74, 6) is 0.957. The zero-order valence-corrected chi connectivity index (χ0v) is 17.6. The lowest BCUT2D eigenvalue weighted by Gasteiger charge is -2.21. The molecule has 2 aromatic heterocycles. The van der Waals surface area contributed by atoms with Crippen LogP contribution in [0.15, 0.2) is 24.4 Å². The van der Waals surface area contributed by atoms with Gasteiger partial charge in [0.05, 0.1) is 0 Å². The predicted octanol–water partition coefficient (Wildman–Crippen LogP) is 4.42. The highest BCUT2D eigenvalue weighted by atomic mass is 32.1. The van der Waals surface area contributed by atoms with Gasteiger partial charge in [0.15, 0.2) is 5.78 Å². The number of aryl methyl sites for hydroxylation is 2. The highest BCUT2D eigenvalue weighted by Gasteiger charge is 2.14. The second kappa shape index (κ2) is 9.82. The van der Waals surface area contributed by atoms with E-state index in [-0.39, 0.29) is 24.5 Å². The van der Waals surface area contributed by atoms with Gasteiger partial charge in [0.25, 0.3) is 0 Å². The first-order valence-electron chi connectivity index (χ1n) is 10.1. The van der Waals surface area contributed by atoms with Crippen molar-refractivity contribution in [2.24, 2.45) is 0 Å². The molecule has 0 unspecified atom stereocenters. The molecule has 1 aliphatic rings. The normalized spacial score (nSPS) is 14.6. The molecule has 1 aliphatic heterocycles. The van der Waals surface area contributed by atoms with E-state index in [2.05, 4.69) is 15.2 Å². The number of aromatic nitrogens is 1. The van der Waals surface area contributed by atoms with Crippen LogP contribution in [0.1, 0.15) is 64.2 Å². The van der Waals surface area contributed by atoms with E-state index in [0.717, 1.165) is 39.8 Å². The Hall–Kier alpha value is -2.21. The third kappa shape index (κ3) is 5.64. The van der Waals surface area contributed by atoms with Gasteiger partial charge in [-0.1, -0.05) is 18.9 Å². The van der Waals surface area contributed by atoms with Crippen LogP contribution in [0.3, 0.4) is 0 Å². The SMILES string of the molecule is Cc1cc(C(=O)CCC(=O)NCc2ccc(N3CCCCCC3)nc2)c(C)s1. The summed E-state index contributed by atoms with van der Waals surface area (Å²) in [5.41, 5.74) is 1.73. The van der Waals surface area contributed by atoms with E-state index in [4.69, 9.17) is 0 Å². The van der Waals surface area contributed by atoms with Gasteiger partial charge >= 0.3 is 0 Å². The molecule has 3 rings (SSSR count). The van der Waals surface area contributed by atoms with E-state index in [9.17, 15) is 9.59 Å². The molecule has 0 aliphatic carbocycles. The third-order valence-electron chi connectivity index (χ3n) is 5.15. The number of Topliss-reactive ketones (excluding diaryl/α,β-unsaturated/α-hetero) is 1. The van der Waals surface area contributed by atoms with Crippen LogP contribution >= 0.6 is 11.3 Å². The fourth-order valence-corrected chi connectivity index (χ4v) is 4.51. The zero-order valence-electron chi connectivity index (χ0n) is 16.8. The average molecular weight is 400 g/mol. The van der Waals surface area contributed by atoms with Gasteiger partial charge in [0.1, 0.15) is 5.82 Å². The number of carbonyl (C=O) groups excluding carboxylic acids is 2. The van der Waals surface area contributed by atoms with Crippen LogP contribution in [0.4, 0.5) is 5.82 Å². The Bertz CT molecular complexity index is 806. The number of nitrogens with one attached hydrogen (secondary N) is 1. The van der Waals surface area contributed by atoms with E-state index in [1.807, 2.05) is 38.2 Å². The second-order valence-corrected chi connectivity index (χ2v) is 8.91. The van der Waals surface area contributed by atoms with Crippen molar-refractivity contribution in [1.82, 2.24) is 10.3 Å². The average Bonchev–Trinajstić information content (AvgIpc) is 2.89. The summed E-state index contributed by atoms with van der Waals surface area (Å²) in [4.78, 5) is 33.5. The minimum absolute atomic E-state index is 0.0421. The number of pyridine rings is 1. The van der Waals surface area contributed by atoms with Gasteiger partial charge in [-0.2, -0.15) is 0 Å². The van der Waals surface area contributed by atoms with Crippen LogP contribution in [0.25, 0.3) is 0 Å². The number of carbonyl (C=O) groups is 2. The van der Waals surface area contributed by atoms with Gasteiger partial charge in [-0.25, -0.2) is 4.98 Å². The molecule has 5 nitrogen and oxygen atoms in total. The number of hydrogen-bond donors (Lipinski definition) is 1. The number of hydrogen-bond acceptors (Lipinski definition) is 5. The largest absolute Gasteiger partial charge is 0.357 e. The molecule has 150 valence electrons. The fraction of sp³-hybridized carbons (Fsp3) is 0.500. The summed E-state index contributed by atoms with van der Waals surface area (Å²) >= 11 is 1.62. The Balaban J connectivity index is 1.44. The molecule has 0 bridgehead atoms. The summed E-state index contributed by atoms with van der Waals surface area (Å²) in [7, 11) is 0. The highest BCUT2D eigenvalue weighted by molar-refractivity contribution is 7.12. The Kier molecular flexibility index (Phi) is 7.20. The summed E-state index contributed by atoms with van der Waals surface area (Å²) in [6, 6.07) is 5.98. The minimum atomic E-state index is -0.102. The minimum Gasteiger partial charge on any atom is -0.357 e. The van der Waals surface area contributed by atoms with Crippen molar-refractivity contribution < 1.29 is 9.59 Å². The molecular weight excluding hydrogens is 370 g/mol. The molecule has 0 spiro atoms. The van der Waals surface area contributed by atoms with E-state index >= 15 is 0 Å². The molecule has 1 saturated heterocycles. The van der Waals surface area contributed by atoms with Crippen molar-refractivity contribution in [2.45, 2.75) is 58.9 Å². The van der Waals surface area contributed by atoms with Crippen molar-refractivity contribution in [1.29, 1.82) is 0 Å². The smallest absolute Gasteiger partial charge is 0.220 e. The molecule has 1 N–H and O–H groups in total. The topological polar surface area (TPSA) is 62.3 Å². The lowest BCUT2D eigenvalue weighted by atomic mass is 10.1. The number of nitrogens with zero attached hydrogens (tertiary/aromatic N) is 2. The maximum atomic E-state index is 12.3. The van der Waals surface area contributed by atoms with E-state index in [0.29, 0.717) is 6.54 Å². The van der Waals surface area contributed by atoms with Crippen molar-refractivity contribution in [2.75, 3.05) is 18.0 Å². The Morgan fingerprint density at radius 1 is 1.11 bits per heavy atom. The quantitative estimate of drug-likeness (QED) is 0.700. The van der Waals surface area contributed by atoms with Crippen molar-refractivity contribution in [3.63, 3.8) is 0 Å². The third-order valence-corrected chi connectivity index (χ3v) is 6.12. The van der Waals surface area contributed by atoms with Gasteiger partial charge in [0.2, 0.25) is 5.91 Å². The van der Waals surface area contributed by atoms with Crippen molar-refractivity contribution in [3.8, 4) is 0 Å². The highest BCUT2D eigenvalue weighted by Crippen LogP contribution is 2.22. The second-order valence-electron chi connectivity index (χ2n) is 7.45. The first-order valence-corrected chi connectivity index (χ1v) is 10.9. The molecule has 2 aromatic rings. The number of anilines is 1. The van der Waals surface area contributed by atoms with E-state index < -0.39 is 0 Å². The van der Waals surface area contributed by atoms with Crippen LogP contribution in [0.2, 0.25) is 0 Å². The van der Waals surface area contributed by atoms with Crippen LogP contribution in [-0.2, 0) is 11.3 Å². The summed E-state index contributed by atoms with van der Waals surface area (Å²) in [5, 5.41) is 2.89. The first-order chi connectivity index (χ1) is 13.5. The molecule has 0 saturated carbocycles. The van der Waals surface area contributed by atoms with Crippen LogP contribution in [0.5, 0.6) is 0 Å². The lowest BCUT2D eigenvalue weighted by molar-refractivity contribution is -0.121. The fourth-order valence-electron chi connectivity index (χ4n) is 3.57. The molecular formula is C22H29N3O2S. The molecule has 1 amide bonds. The Labute approximate surface area is 171 Å². The van der Waals surface area contributed by atoms with Crippen LogP contribution < -0.4 is 10.2 Å². The summed E-state index contributed by atoms with van der Waals surface area (Å²) in [6.45, 7) is 6.53. The van der Waals surface area contributed by atoms with Gasteiger partial charge in [0, 0.05) is 54.0 Å². The van der Waals surface area contributed by atoms with Crippen LogP contribution in [0, 0.1) is 13.8 Å². The molecule has 0 atom stereocenters. The van der Waals surface area contributed by atoms with E-state index in [1.54, 1.807) is 11.3 Å². The molecule has 1 fully saturated rings. The molecule has 3 heterocycles. The molecule has 6 heteroatoms. The number of rotatable bonds is 7. The molecule has 0 radical (unpaired) electrons. The summed E-state index contributed by atoms with van der Waals surface area (Å²) < 4.78 is 0. The lowest BCUT2D eigenvalue weighted by Crippen LogP contribution is -2.25. The van der Waals surface area contributed by atoms with Crippen molar-refractivity contribution >= 4 is 28.8 Å². The molecule has 0 aromatic carbocycles. The Morgan fingerprint density at radius 3 is 2.46 bits per heavy atom. The van der Waals surface area contributed by atoms with Gasteiger partial charge in [-0.05, 0) is 44.4 Å². The number of ketones is 1.